The maximum Gasteiger partial charge on any atom is 0 e. The minimum absolute atomic E-state index is 0. The van der Waals surface area contributed by atoms with Crippen molar-refractivity contribution in [1.29, 1.82) is 0 Å². The summed E-state index contributed by atoms with van der Waals surface area (Å²) < 4.78 is 8.36. The molecule has 0 aromatic rings. The molecule has 0 heterocycles. The first-order valence-corrected chi connectivity index (χ1v) is 0.494. The molecule has 0 aromatic heterocycles. The minimum atomic E-state index is -0.250. The molecule has 0 spiro atoms. The van der Waals surface area contributed by atoms with E-state index in [4.69, 9.17) is 9.73 Å². The summed E-state index contributed by atoms with van der Waals surface area (Å²) in [5.74, 6) is 0. The van der Waals surface area contributed by atoms with Gasteiger partial charge < -0.3 is 0 Å². The molecule has 0 aliphatic rings. The van der Waals surface area contributed by atoms with Crippen LogP contribution >= 0.6 is 0 Å². The molecule has 1 N–H and O–H groups in total. The van der Waals surface area contributed by atoms with Gasteiger partial charge in [-0.2, -0.15) is 0 Å². The SMILES string of the molecule is O=BO.[La]. The molecule has 0 aliphatic carbocycles. The van der Waals surface area contributed by atoms with E-state index < -0.39 is 0 Å². The van der Waals surface area contributed by atoms with Gasteiger partial charge in [0.2, 0.25) is 0 Å². The van der Waals surface area contributed by atoms with E-state index in [1.54, 1.807) is 0 Å². The third kappa shape index (κ3) is 13.4. The first kappa shape index (κ1) is 8.85. The smallest absolute Gasteiger partial charge is 0 e. The van der Waals surface area contributed by atoms with Gasteiger partial charge in [-0.1, -0.05) is 0 Å². The van der Waals surface area contributed by atoms with Crippen molar-refractivity contribution < 1.29 is 45.3 Å². The number of hydrogen-bond acceptors (Lipinski definition) is 1. The maximum atomic E-state index is 8.36. The van der Waals surface area contributed by atoms with Crippen LogP contribution in [0.1, 0.15) is 0 Å². The molecule has 0 aromatic carbocycles. The van der Waals surface area contributed by atoms with E-state index in [1.807, 2.05) is 0 Å². The Balaban J connectivity index is 0. The molecule has 0 amide bonds. The largest absolute Gasteiger partial charge is 0 e. The predicted molar refractivity (Wildman–Crippen MR) is 8.66 cm³/mol. The van der Waals surface area contributed by atoms with Gasteiger partial charge in [-0.15, -0.1) is 0 Å². The third-order valence-electron chi connectivity index (χ3n) is 0. The second-order valence-corrected chi connectivity index (χ2v) is 0.105. The van der Waals surface area contributed by atoms with Crippen LogP contribution in [0.5, 0.6) is 0 Å². The van der Waals surface area contributed by atoms with Crippen molar-refractivity contribution in [2.24, 2.45) is 0 Å². The summed E-state index contributed by atoms with van der Waals surface area (Å²) in [7, 11) is -0.250. The molecule has 0 atom stereocenters. The molecule has 19 valence electrons. The molecule has 0 unspecified atom stereocenters. The van der Waals surface area contributed by atoms with Gasteiger partial charge in [-0.05, 0) is 0 Å². The molecule has 4 heteroatoms. The van der Waals surface area contributed by atoms with Crippen molar-refractivity contribution in [1.82, 2.24) is 0 Å². The fourth-order valence-corrected chi connectivity index (χ4v) is 0. The Morgan fingerprint density at radius 3 is 1.75 bits per heavy atom. The fourth-order valence-electron chi connectivity index (χ4n) is 0. The zero-order chi connectivity index (χ0) is 2.71. The second-order valence-electron chi connectivity index (χ2n) is 0.105. The van der Waals surface area contributed by atoms with Crippen LogP contribution in [-0.4, -0.2) is 12.4 Å². The summed E-state index contributed by atoms with van der Waals surface area (Å²) in [5, 5.41) is 6.89. The van der Waals surface area contributed by atoms with Crippen LogP contribution in [0.25, 0.3) is 0 Å². The van der Waals surface area contributed by atoms with E-state index in [0.29, 0.717) is 0 Å². The maximum absolute atomic E-state index is 8.36. The Hall–Kier alpha value is 0.860. The van der Waals surface area contributed by atoms with E-state index in [1.165, 1.54) is 0 Å². The Kier molecular flexibility index (Phi) is 20.2. The van der Waals surface area contributed by atoms with E-state index >= 15 is 0 Å². The van der Waals surface area contributed by atoms with Crippen molar-refractivity contribution in [2.45, 2.75) is 0 Å². The van der Waals surface area contributed by atoms with Crippen molar-refractivity contribution in [3.05, 3.63) is 0 Å². The predicted octanol–water partition coefficient (Wildman–Crippen LogP) is -1.06. The second kappa shape index (κ2) is 9.13. The quantitative estimate of drug-likeness (QED) is 0.486. The van der Waals surface area contributed by atoms with Gasteiger partial charge in [0.15, 0.2) is 0 Å². The molecule has 0 aliphatic heterocycles. The van der Waals surface area contributed by atoms with Crippen LogP contribution in [0, 0.1) is 35.6 Å². The minimum Gasteiger partial charge on any atom is 0 e. The third-order valence-corrected chi connectivity index (χ3v) is 0. The van der Waals surface area contributed by atoms with Crippen LogP contribution in [0.2, 0.25) is 0 Å². The summed E-state index contributed by atoms with van der Waals surface area (Å²) >= 11 is 0. The summed E-state index contributed by atoms with van der Waals surface area (Å²) in [6.45, 7) is 0. The van der Waals surface area contributed by atoms with Gasteiger partial charge in [-0.3, -0.25) is 0 Å². The monoisotopic (exact) mass is 183 g/mol. The van der Waals surface area contributed by atoms with E-state index in [2.05, 4.69) is 0 Å². The molecule has 4 heavy (non-hydrogen) atoms. The van der Waals surface area contributed by atoms with E-state index in [0.717, 1.165) is 0 Å². The average molecular weight is 183 g/mol. The van der Waals surface area contributed by atoms with Crippen LogP contribution in [0.3, 0.4) is 0 Å². The zero-order valence-electron chi connectivity index (χ0n) is 2.01. The molecule has 2 nitrogen and oxygen atoms in total. The van der Waals surface area contributed by atoms with Crippen LogP contribution < -0.4 is 0 Å². The van der Waals surface area contributed by atoms with Gasteiger partial charge in [0.25, 0.3) is 0 Å². The van der Waals surface area contributed by atoms with Crippen LogP contribution in [0.4, 0.5) is 0 Å². The standard InChI is InChI=1S/BHO2.La/c2-1-3;/h2H;. The van der Waals surface area contributed by atoms with Gasteiger partial charge in [0.05, 0.1) is 0 Å². The molecule has 0 bridgehead atoms. The molecule has 0 saturated heterocycles. The number of hydrogen-bond donors (Lipinski definition) is 1. The van der Waals surface area contributed by atoms with Gasteiger partial charge in [-0.25, -0.2) is 0 Å². The Morgan fingerprint density at radius 1 is 1.75 bits per heavy atom. The first-order valence-electron chi connectivity index (χ1n) is 0.494. The van der Waals surface area contributed by atoms with Crippen molar-refractivity contribution in [2.75, 3.05) is 0 Å². The first-order chi connectivity index (χ1) is 1.41. The molecule has 0 fully saturated rings. The van der Waals surface area contributed by atoms with Gasteiger partial charge >= 0.3 is 17.1 Å². The van der Waals surface area contributed by atoms with E-state index in [9.17, 15) is 0 Å². The summed E-state index contributed by atoms with van der Waals surface area (Å²) in [6.07, 6.45) is 0. The van der Waals surface area contributed by atoms with Crippen LogP contribution in [0.15, 0.2) is 0 Å². The molecule has 0 saturated carbocycles. The van der Waals surface area contributed by atoms with Gasteiger partial charge in [0, 0.05) is 35.6 Å². The fraction of sp³-hybridized carbons (Fsp3) is 0. The average Bonchev–Trinajstić information content (AvgIpc) is 0.918. The molecule has 1 radical (unpaired) electrons. The summed E-state index contributed by atoms with van der Waals surface area (Å²) in [4.78, 5) is 0. The van der Waals surface area contributed by atoms with Crippen molar-refractivity contribution >= 4 is 7.35 Å². The van der Waals surface area contributed by atoms with Crippen molar-refractivity contribution in [3.8, 4) is 0 Å². The van der Waals surface area contributed by atoms with E-state index in [-0.39, 0.29) is 43.0 Å². The summed E-state index contributed by atoms with van der Waals surface area (Å²) in [6, 6.07) is 0. The number of rotatable bonds is 0. The van der Waals surface area contributed by atoms with Crippen LogP contribution in [-0.2, 0) is 4.70 Å². The topological polar surface area (TPSA) is 37.3 Å². The summed E-state index contributed by atoms with van der Waals surface area (Å²) in [5.41, 5.74) is 0. The normalized spacial score (nSPS) is 2.00. The van der Waals surface area contributed by atoms with Gasteiger partial charge in [0.1, 0.15) is 0 Å². The van der Waals surface area contributed by atoms with Crippen molar-refractivity contribution in [3.63, 3.8) is 0 Å². The Morgan fingerprint density at radius 2 is 1.75 bits per heavy atom. The molecular weight excluding hydrogens is 182 g/mol. The Labute approximate surface area is 52.5 Å². The molecule has 0 rings (SSSR count). The zero-order valence-corrected chi connectivity index (χ0v) is 5.64. The molecular formula is HBLaO2. The Bertz CT molecular complexity index is 13.5.